The minimum Gasteiger partial charge on any atom is -0.480 e. The molecule has 3 N–H and O–H groups in total. The Kier molecular flexibility index (Phi) is 4.44. The molecule has 7 heteroatoms. The molecule has 0 spiro atoms. The molecular formula is C14H20N4O3. The van der Waals surface area contributed by atoms with Gasteiger partial charge in [0.25, 0.3) is 0 Å². The van der Waals surface area contributed by atoms with Crippen LogP contribution in [0.2, 0.25) is 0 Å². The van der Waals surface area contributed by atoms with Crippen LogP contribution in [0.5, 0.6) is 11.8 Å². The van der Waals surface area contributed by atoms with Crippen LogP contribution in [-0.4, -0.2) is 24.2 Å². The van der Waals surface area contributed by atoms with Crippen molar-refractivity contribution < 1.29 is 13.9 Å². The van der Waals surface area contributed by atoms with Crippen LogP contribution >= 0.6 is 0 Å². The summed E-state index contributed by atoms with van der Waals surface area (Å²) < 4.78 is 16.0. The third-order valence-electron chi connectivity index (χ3n) is 3.49. The molecule has 0 saturated heterocycles. The Morgan fingerprint density at radius 1 is 1.19 bits per heavy atom. The van der Waals surface area contributed by atoms with Gasteiger partial charge in [0.15, 0.2) is 0 Å². The van der Waals surface area contributed by atoms with Crippen LogP contribution in [0.3, 0.4) is 0 Å². The average Bonchev–Trinajstić information content (AvgIpc) is 2.74. The summed E-state index contributed by atoms with van der Waals surface area (Å²) >= 11 is 0. The first-order chi connectivity index (χ1) is 10.0. The monoisotopic (exact) mass is 292 g/mol. The first kappa shape index (κ1) is 15.3. The number of furan rings is 1. The van der Waals surface area contributed by atoms with Gasteiger partial charge < -0.3 is 13.9 Å². The highest BCUT2D eigenvalue weighted by atomic mass is 16.5. The molecule has 2 aromatic heterocycles. The van der Waals surface area contributed by atoms with Crippen LogP contribution in [0, 0.1) is 20.8 Å². The van der Waals surface area contributed by atoms with E-state index in [1.54, 1.807) is 0 Å². The van der Waals surface area contributed by atoms with E-state index in [-0.39, 0.29) is 6.04 Å². The molecule has 7 nitrogen and oxygen atoms in total. The fraction of sp³-hybridized carbons (Fsp3) is 0.429. The third-order valence-corrected chi connectivity index (χ3v) is 3.49. The maximum absolute atomic E-state index is 5.73. The van der Waals surface area contributed by atoms with E-state index in [9.17, 15) is 0 Å². The van der Waals surface area contributed by atoms with Gasteiger partial charge in [0.1, 0.15) is 17.2 Å². The van der Waals surface area contributed by atoms with E-state index in [2.05, 4.69) is 15.4 Å². The zero-order valence-corrected chi connectivity index (χ0v) is 12.9. The predicted molar refractivity (Wildman–Crippen MR) is 77.2 cm³/mol. The number of nitrogens with zero attached hydrogens (tertiary/aromatic N) is 2. The van der Waals surface area contributed by atoms with E-state index in [0.29, 0.717) is 17.5 Å². The molecular weight excluding hydrogens is 272 g/mol. The quantitative estimate of drug-likeness (QED) is 0.637. The van der Waals surface area contributed by atoms with Gasteiger partial charge in [0.2, 0.25) is 11.8 Å². The maximum atomic E-state index is 5.73. The Morgan fingerprint density at radius 3 is 2.38 bits per heavy atom. The first-order valence-corrected chi connectivity index (χ1v) is 6.51. The van der Waals surface area contributed by atoms with Crippen molar-refractivity contribution in [3.05, 3.63) is 34.5 Å². The van der Waals surface area contributed by atoms with E-state index in [4.69, 9.17) is 19.7 Å². The van der Waals surface area contributed by atoms with E-state index >= 15 is 0 Å². The van der Waals surface area contributed by atoms with Gasteiger partial charge in [-0.2, -0.15) is 4.98 Å². The Bertz CT molecular complexity index is 639. The molecule has 2 heterocycles. The maximum Gasteiger partial charge on any atom is 0.240 e. The second-order valence-corrected chi connectivity index (χ2v) is 4.66. The molecule has 0 radical (unpaired) electrons. The van der Waals surface area contributed by atoms with Crippen molar-refractivity contribution in [3.63, 3.8) is 0 Å². The van der Waals surface area contributed by atoms with E-state index < -0.39 is 0 Å². The van der Waals surface area contributed by atoms with Crippen molar-refractivity contribution in [1.82, 2.24) is 15.4 Å². The lowest BCUT2D eigenvalue weighted by Crippen LogP contribution is -2.30. The van der Waals surface area contributed by atoms with Crippen LogP contribution < -0.4 is 20.7 Å². The molecule has 1 unspecified atom stereocenters. The van der Waals surface area contributed by atoms with E-state index in [1.807, 2.05) is 20.8 Å². The van der Waals surface area contributed by atoms with Crippen molar-refractivity contribution in [2.45, 2.75) is 26.8 Å². The number of methoxy groups -OCH3 is 2. The Hall–Kier alpha value is -2.12. The number of nitrogens with one attached hydrogen (secondary N) is 1. The minimum absolute atomic E-state index is 0.356. The van der Waals surface area contributed by atoms with Crippen LogP contribution in [0.15, 0.2) is 10.6 Å². The minimum atomic E-state index is -0.379. The zero-order valence-electron chi connectivity index (χ0n) is 12.9. The standard InChI is InChI=1S/C14H20N4O3/c1-7-8(2)21-9(3)11(7)12(18-15)13-14(20-5)17-10(19-4)6-16-13/h6,12,18H,15H2,1-5H3. The first-order valence-electron chi connectivity index (χ1n) is 6.51. The number of hydrazine groups is 1. The number of ether oxygens (including phenoxy) is 2. The molecule has 0 bridgehead atoms. The molecule has 0 aromatic carbocycles. The van der Waals surface area contributed by atoms with Crippen LogP contribution in [0.4, 0.5) is 0 Å². The number of hydrogen-bond acceptors (Lipinski definition) is 7. The second kappa shape index (κ2) is 6.11. The topological polar surface area (TPSA) is 95.4 Å². The van der Waals surface area contributed by atoms with Crippen molar-refractivity contribution in [2.24, 2.45) is 5.84 Å². The Balaban J connectivity index is 2.56. The Morgan fingerprint density at radius 2 is 1.90 bits per heavy atom. The predicted octanol–water partition coefficient (Wildman–Crippen LogP) is 1.56. The highest BCUT2D eigenvalue weighted by Crippen LogP contribution is 2.33. The van der Waals surface area contributed by atoms with Crippen molar-refractivity contribution in [2.75, 3.05) is 14.2 Å². The van der Waals surface area contributed by atoms with Gasteiger partial charge in [-0.3, -0.25) is 5.84 Å². The van der Waals surface area contributed by atoms with Gasteiger partial charge in [0, 0.05) is 5.56 Å². The van der Waals surface area contributed by atoms with E-state index in [0.717, 1.165) is 22.6 Å². The summed E-state index contributed by atoms with van der Waals surface area (Å²) in [5, 5.41) is 0. The van der Waals surface area contributed by atoms with Crippen molar-refractivity contribution in [1.29, 1.82) is 0 Å². The molecule has 2 aromatic rings. The van der Waals surface area contributed by atoms with Gasteiger partial charge in [-0.25, -0.2) is 10.4 Å². The van der Waals surface area contributed by atoms with Gasteiger partial charge >= 0.3 is 0 Å². The molecule has 0 amide bonds. The largest absolute Gasteiger partial charge is 0.480 e. The number of hydrogen-bond donors (Lipinski definition) is 2. The second-order valence-electron chi connectivity index (χ2n) is 4.66. The summed E-state index contributed by atoms with van der Waals surface area (Å²) in [4.78, 5) is 8.60. The molecule has 2 rings (SSSR count). The number of aromatic nitrogens is 2. The lowest BCUT2D eigenvalue weighted by atomic mass is 10.00. The summed E-state index contributed by atoms with van der Waals surface area (Å²) in [6.07, 6.45) is 1.53. The number of nitrogens with two attached hydrogens (primary N) is 1. The highest BCUT2D eigenvalue weighted by molar-refractivity contribution is 5.41. The summed E-state index contributed by atoms with van der Waals surface area (Å²) in [6, 6.07) is -0.379. The molecule has 0 saturated carbocycles. The SMILES string of the molecule is COc1cnc(C(NN)c2c(C)oc(C)c2C)c(OC)n1. The average molecular weight is 292 g/mol. The molecule has 114 valence electrons. The summed E-state index contributed by atoms with van der Waals surface area (Å²) in [5.41, 5.74) is 5.30. The number of aryl methyl sites for hydroxylation is 2. The molecule has 0 aliphatic rings. The lowest BCUT2D eigenvalue weighted by molar-refractivity contribution is 0.352. The summed E-state index contributed by atoms with van der Waals surface area (Å²) in [7, 11) is 3.05. The fourth-order valence-electron chi connectivity index (χ4n) is 2.35. The van der Waals surface area contributed by atoms with Crippen molar-refractivity contribution in [3.8, 4) is 11.8 Å². The zero-order chi connectivity index (χ0) is 15.6. The summed E-state index contributed by atoms with van der Waals surface area (Å²) in [5.74, 6) is 8.10. The van der Waals surface area contributed by atoms with Gasteiger partial charge in [-0.15, -0.1) is 0 Å². The molecule has 0 aliphatic carbocycles. The highest BCUT2D eigenvalue weighted by Gasteiger charge is 2.26. The van der Waals surface area contributed by atoms with Crippen LogP contribution in [-0.2, 0) is 0 Å². The van der Waals surface area contributed by atoms with Crippen LogP contribution in [0.1, 0.15) is 34.4 Å². The van der Waals surface area contributed by atoms with Crippen molar-refractivity contribution >= 4 is 0 Å². The number of rotatable bonds is 5. The molecule has 0 aliphatic heterocycles. The smallest absolute Gasteiger partial charge is 0.240 e. The Labute approximate surface area is 123 Å². The molecule has 21 heavy (non-hydrogen) atoms. The molecule has 1 atom stereocenters. The van der Waals surface area contributed by atoms with Gasteiger partial charge in [-0.05, 0) is 26.3 Å². The van der Waals surface area contributed by atoms with Gasteiger partial charge in [0.05, 0.1) is 26.5 Å². The molecule has 0 fully saturated rings. The third kappa shape index (κ3) is 2.70. The lowest BCUT2D eigenvalue weighted by Gasteiger charge is -2.18. The fourth-order valence-corrected chi connectivity index (χ4v) is 2.35. The van der Waals surface area contributed by atoms with Gasteiger partial charge in [-0.1, -0.05) is 0 Å². The van der Waals surface area contributed by atoms with E-state index in [1.165, 1.54) is 20.4 Å². The normalized spacial score (nSPS) is 12.3. The summed E-state index contributed by atoms with van der Waals surface area (Å²) in [6.45, 7) is 5.79. The van der Waals surface area contributed by atoms with Crippen LogP contribution in [0.25, 0.3) is 0 Å².